The smallest absolute Gasteiger partial charge is 0.378 e. The van der Waals surface area contributed by atoms with E-state index in [1.54, 1.807) is 23.0 Å². The van der Waals surface area contributed by atoms with Crippen LogP contribution < -0.4 is 11.2 Å². The number of nitrogens with zero attached hydrogens (tertiary/aromatic N) is 4. The van der Waals surface area contributed by atoms with Crippen molar-refractivity contribution in [2.75, 3.05) is 0 Å². The molecule has 1 aliphatic heterocycles. The van der Waals surface area contributed by atoms with Crippen LogP contribution in [0.15, 0.2) is 35.0 Å². The van der Waals surface area contributed by atoms with Crippen LogP contribution in [0.1, 0.15) is 24.7 Å². The van der Waals surface area contributed by atoms with Crippen LogP contribution in [0.2, 0.25) is 0 Å². The predicted octanol–water partition coefficient (Wildman–Crippen LogP) is 2.25. The Hall–Kier alpha value is -2.58. The zero-order chi connectivity index (χ0) is 17.0. The van der Waals surface area contributed by atoms with Crippen molar-refractivity contribution >= 4 is 17.7 Å². The normalized spacial score (nSPS) is 18.7. The lowest BCUT2D eigenvalue weighted by atomic mass is 10.1. The van der Waals surface area contributed by atoms with Crippen molar-refractivity contribution < 1.29 is 13.2 Å². The van der Waals surface area contributed by atoms with Gasteiger partial charge in [0.15, 0.2) is 0 Å². The van der Waals surface area contributed by atoms with E-state index >= 15 is 0 Å². The number of allylic oxidation sites excluding steroid dienone is 1. The Morgan fingerprint density at radius 2 is 2.35 bits per heavy atom. The molecule has 1 aliphatic rings. The van der Waals surface area contributed by atoms with Crippen LogP contribution in [0.4, 0.5) is 13.2 Å². The van der Waals surface area contributed by atoms with Gasteiger partial charge in [-0.15, -0.1) is 0 Å². The third kappa shape index (κ3) is 3.99. The average Bonchev–Trinajstić information content (AvgIpc) is 2.89. The molecule has 0 saturated heterocycles. The lowest BCUT2D eigenvalue weighted by Crippen LogP contribution is -2.33. The second-order valence-corrected chi connectivity index (χ2v) is 5.01. The van der Waals surface area contributed by atoms with E-state index in [0.717, 1.165) is 12.3 Å². The van der Waals surface area contributed by atoms with Gasteiger partial charge >= 0.3 is 6.18 Å². The van der Waals surface area contributed by atoms with Gasteiger partial charge in [-0.05, 0) is 18.6 Å². The number of amidine groups is 1. The molecule has 1 aromatic rings. The van der Waals surface area contributed by atoms with Crippen LogP contribution in [0.25, 0.3) is 6.08 Å². The molecule has 0 aromatic carbocycles. The predicted molar refractivity (Wildman–Crippen MR) is 82.6 cm³/mol. The minimum absolute atomic E-state index is 0.00210. The van der Waals surface area contributed by atoms with E-state index in [9.17, 15) is 13.2 Å². The molecule has 0 saturated carbocycles. The Labute approximate surface area is 131 Å². The number of hydrogen-bond donors (Lipinski definition) is 2. The standard InChI is InChI=1S/C14H17F3N6/c1-3-11-7-10(8-20-21-13(18)14(15,16)17)22-23(11)12-9(2)5-4-6-19-12/h3-4,6-7,9,20H,1,5,8H2,2H3,(H2,18,21). The van der Waals surface area contributed by atoms with Crippen LogP contribution in [-0.2, 0) is 6.54 Å². The lowest BCUT2D eigenvalue weighted by molar-refractivity contribution is -0.0603. The van der Waals surface area contributed by atoms with E-state index in [1.807, 2.05) is 13.0 Å². The summed E-state index contributed by atoms with van der Waals surface area (Å²) in [4.78, 5) is 4.32. The van der Waals surface area contributed by atoms with Gasteiger partial charge in [0.05, 0.1) is 17.9 Å². The maximum absolute atomic E-state index is 12.2. The lowest BCUT2D eigenvalue weighted by Gasteiger charge is -2.16. The highest BCUT2D eigenvalue weighted by Crippen LogP contribution is 2.17. The number of hydrogen-bond acceptors (Lipinski definition) is 4. The van der Waals surface area contributed by atoms with Crippen molar-refractivity contribution in [3.05, 3.63) is 36.3 Å². The largest absolute Gasteiger partial charge is 0.450 e. The number of halogens is 3. The Morgan fingerprint density at radius 1 is 1.61 bits per heavy atom. The van der Waals surface area contributed by atoms with Crippen molar-refractivity contribution in [2.45, 2.75) is 26.1 Å². The van der Waals surface area contributed by atoms with Gasteiger partial charge in [-0.3, -0.25) is 0 Å². The van der Waals surface area contributed by atoms with E-state index in [2.05, 4.69) is 27.2 Å². The topological polar surface area (TPSA) is 80.6 Å². The van der Waals surface area contributed by atoms with Gasteiger partial charge in [-0.1, -0.05) is 19.6 Å². The van der Waals surface area contributed by atoms with Crippen molar-refractivity contribution in [1.82, 2.24) is 15.2 Å². The van der Waals surface area contributed by atoms with Crippen molar-refractivity contribution in [3.8, 4) is 0 Å². The molecule has 3 N–H and O–H groups in total. The molecule has 0 amide bonds. The van der Waals surface area contributed by atoms with Crippen LogP contribution in [0.5, 0.6) is 0 Å². The Morgan fingerprint density at radius 3 is 2.96 bits per heavy atom. The maximum atomic E-state index is 12.2. The number of rotatable bonds is 4. The highest BCUT2D eigenvalue weighted by atomic mass is 19.4. The highest BCUT2D eigenvalue weighted by Gasteiger charge is 2.33. The molecule has 2 rings (SSSR count). The number of hydrazone groups is 1. The number of alkyl halides is 3. The summed E-state index contributed by atoms with van der Waals surface area (Å²) in [5, 5.41) is 7.43. The third-order valence-electron chi connectivity index (χ3n) is 3.21. The van der Waals surface area contributed by atoms with Gasteiger partial charge in [-0.25, -0.2) is 9.67 Å². The number of aliphatic imine (C=N–C) groups is 1. The molecule has 0 aliphatic carbocycles. The molecule has 124 valence electrons. The molecular formula is C14H17F3N6. The minimum atomic E-state index is -4.66. The first kappa shape index (κ1) is 16.8. The molecule has 1 atom stereocenters. The van der Waals surface area contributed by atoms with Gasteiger partial charge in [0.25, 0.3) is 0 Å². The Kier molecular flexibility index (Phi) is 4.87. The second-order valence-electron chi connectivity index (χ2n) is 5.01. The van der Waals surface area contributed by atoms with Gasteiger partial charge < -0.3 is 11.2 Å². The maximum Gasteiger partial charge on any atom is 0.450 e. The quantitative estimate of drug-likeness (QED) is 0.506. The average molecular weight is 326 g/mol. The van der Waals surface area contributed by atoms with Gasteiger partial charge in [0, 0.05) is 12.1 Å². The summed E-state index contributed by atoms with van der Waals surface area (Å²) in [5.41, 5.74) is 8.28. The van der Waals surface area contributed by atoms with Crippen molar-refractivity contribution in [2.24, 2.45) is 21.7 Å². The monoisotopic (exact) mass is 326 g/mol. The highest BCUT2D eigenvalue weighted by molar-refractivity contribution is 5.88. The van der Waals surface area contributed by atoms with Gasteiger partial charge in [-0.2, -0.15) is 23.4 Å². The molecule has 0 spiro atoms. The van der Waals surface area contributed by atoms with E-state index in [4.69, 9.17) is 5.73 Å². The SMILES string of the molecule is C=Cc1cc(CN/N=C(\N)C(F)(F)F)nn1C1=NC=CCC1C. The first-order chi connectivity index (χ1) is 10.8. The van der Waals surface area contributed by atoms with Crippen LogP contribution in [-0.4, -0.2) is 27.6 Å². The molecule has 2 heterocycles. The summed E-state index contributed by atoms with van der Waals surface area (Å²) in [6, 6.07) is 1.70. The van der Waals surface area contributed by atoms with Crippen LogP contribution in [0.3, 0.4) is 0 Å². The summed E-state index contributed by atoms with van der Waals surface area (Å²) in [7, 11) is 0. The first-order valence-corrected chi connectivity index (χ1v) is 6.90. The molecule has 1 aromatic heterocycles. The van der Waals surface area contributed by atoms with Crippen LogP contribution in [0, 0.1) is 5.92 Å². The minimum Gasteiger partial charge on any atom is -0.378 e. The van der Waals surface area contributed by atoms with E-state index < -0.39 is 12.0 Å². The first-order valence-electron chi connectivity index (χ1n) is 6.90. The fraction of sp³-hybridized carbons (Fsp3) is 0.357. The molecule has 0 bridgehead atoms. The Balaban J connectivity index is 2.15. The van der Waals surface area contributed by atoms with Crippen molar-refractivity contribution in [1.29, 1.82) is 0 Å². The fourth-order valence-electron chi connectivity index (χ4n) is 2.02. The van der Waals surface area contributed by atoms with E-state index in [1.165, 1.54) is 0 Å². The molecular weight excluding hydrogens is 309 g/mol. The molecule has 0 fully saturated rings. The summed E-state index contributed by atoms with van der Waals surface area (Å²) in [6.45, 7) is 5.73. The zero-order valence-electron chi connectivity index (χ0n) is 12.5. The summed E-state index contributed by atoms with van der Waals surface area (Å²) in [5.74, 6) is -0.499. The molecule has 1 unspecified atom stereocenters. The number of nitrogens with one attached hydrogen (secondary N) is 1. The molecule has 9 heteroatoms. The second kappa shape index (κ2) is 6.67. The summed E-state index contributed by atoms with van der Waals surface area (Å²) in [6.07, 6.45) is 1.46. The summed E-state index contributed by atoms with van der Waals surface area (Å²) >= 11 is 0. The van der Waals surface area contributed by atoms with E-state index in [0.29, 0.717) is 11.4 Å². The number of nitrogens with two attached hydrogens (primary N) is 1. The molecule has 23 heavy (non-hydrogen) atoms. The van der Waals surface area contributed by atoms with Gasteiger partial charge in [0.2, 0.25) is 5.84 Å². The van der Waals surface area contributed by atoms with Crippen molar-refractivity contribution in [3.63, 3.8) is 0 Å². The third-order valence-corrected chi connectivity index (χ3v) is 3.21. The molecule has 0 radical (unpaired) electrons. The van der Waals surface area contributed by atoms with Gasteiger partial charge in [0.1, 0.15) is 5.84 Å². The summed E-state index contributed by atoms with van der Waals surface area (Å²) < 4.78 is 38.3. The Bertz CT molecular complexity index is 669. The van der Waals surface area contributed by atoms with E-state index in [-0.39, 0.29) is 12.5 Å². The number of aromatic nitrogens is 2. The van der Waals surface area contributed by atoms with Crippen LogP contribution >= 0.6 is 0 Å². The fourth-order valence-corrected chi connectivity index (χ4v) is 2.02. The molecule has 6 nitrogen and oxygen atoms in total. The zero-order valence-corrected chi connectivity index (χ0v) is 12.5.